The first kappa shape index (κ1) is 28.5. The first-order valence-corrected chi connectivity index (χ1v) is 15.8. The fourth-order valence-corrected chi connectivity index (χ4v) is 7.50. The van der Waals surface area contributed by atoms with Crippen LogP contribution in [0.3, 0.4) is 0 Å². The molecule has 1 aromatic heterocycles. The van der Waals surface area contributed by atoms with Crippen LogP contribution in [0.5, 0.6) is 0 Å². The number of fused-ring (bicyclic) bond motifs is 2. The third-order valence-corrected chi connectivity index (χ3v) is 9.84. The Morgan fingerprint density at radius 3 is 2.67 bits per heavy atom. The lowest BCUT2D eigenvalue weighted by molar-refractivity contribution is -0.128. The molecule has 0 unspecified atom stereocenters. The minimum Gasteiger partial charge on any atom is -0.368 e. The highest BCUT2D eigenvalue weighted by atomic mass is 16.2. The standard InChI is InChI=1S/C33H44N8O/c1-4-31(42)41-19-18-38(21-26(41)15-16-34)32-28-14-13-25(40-17-9-11-24-10-7-8-12-30(24)40)20-29(28)35-33(36-32)39-22-27(23-39)37(5-2)6-3/h4,7-8,10,12,25-27H,1,5-6,9,11,13-15,17-23H2,2-3H3/t25-,26+/m1/s1. The highest BCUT2D eigenvalue weighted by Crippen LogP contribution is 2.37. The highest BCUT2D eigenvalue weighted by molar-refractivity contribution is 5.87. The van der Waals surface area contributed by atoms with E-state index in [0.717, 1.165) is 70.2 Å². The van der Waals surface area contributed by atoms with Gasteiger partial charge in [0.05, 0.1) is 24.2 Å². The van der Waals surface area contributed by atoms with E-state index in [2.05, 4.69) is 70.4 Å². The van der Waals surface area contributed by atoms with E-state index in [1.807, 2.05) is 0 Å². The Hall–Kier alpha value is -3.64. The Kier molecular flexibility index (Phi) is 8.34. The molecule has 1 aliphatic carbocycles. The van der Waals surface area contributed by atoms with Crippen LogP contribution >= 0.6 is 0 Å². The second-order valence-corrected chi connectivity index (χ2v) is 12.1. The fourth-order valence-electron chi connectivity index (χ4n) is 7.50. The summed E-state index contributed by atoms with van der Waals surface area (Å²) in [5.41, 5.74) is 5.26. The van der Waals surface area contributed by atoms with E-state index >= 15 is 0 Å². The lowest BCUT2D eigenvalue weighted by Gasteiger charge is -2.46. The zero-order chi connectivity index (χ0) is 29.2. The van der Waals surface area contributed by atoms with Crippen LogP contribution in [0.15, 0.2) is 36.9 Å². The number of amides is 1. The minimum atomic E-state index is -0.180. The molecule has 0 spiro atoms. The number of piperazine rings is 1. The smallest absolute Gasteiger partial charge is 0.246 e. The third kappa shape index (κ3) is 5.33. The van der Waals surface area contributed by atoms with Gasteiger partial charge in [-0.15, -0.1) is 0 Å². The average molecular weight is 569 g/mol. The summed E-state index contributed by atoms with van der Waals surface area (Å²) in [7, 11) is 0. The van der Waals surface area contributed by atoms with Gasteiger partial charge in [-0.1, -0.05) is 38.6 Å². The molecule has 3 aliphatic heterocycles. The number of aryl methyl sites for hydroxylation is 1. The van der Waals surface area contributed by atoms with Crippen LogP contribution in [0, 0.1) is 11.3 Å². The molecule has 2 aromatic rings. The lowest BCUT2D eigenvalue weighted by atomic mass is 9.88. The molecule has 6 rings (SSSR count). The number of nitrogens with zero attached hydrogens (tertiary/aromatic N) is 8. The van der Waals surface area contributed by atoms with Gasteiger partial charge in [0.2, 0.25) is 11.9 Å². The monoisotopic (exact) mass is 568 g/mol. The summed E-state index contributed by atoms with van der Waals surface area (Å²) in [4.78, 5) is 34.7. The molecule has 1 amide bonds. The van der Waals surface area contributed by atoms with Crippen LogP contribution < -0.4 is 14.7 Å². The van der Waals surface area contributed by atoms with Crippen LogP contribution in [0.1, 0.15) is 49.9 Å². The van der Waals surface area contributed by atoms with Crippen molar-refractivity contribution in [3.8, 4) is 6.07 Å². The van der Waals surface area contributed by atoms with Crippen molar-refractivity contribution >= 4 is 23.4 Å². The van der Waals surface area contributed by atoms with E-state index < -0.39 is 0 Å². The zero-order valence-electron chi connectivity index (χ0n) is 25.2. The molecule has 0 bridgehead atoms. The predicted molar refractivity (Wildman–Crippen MR) is 167 cm³/mol. The highest BCUT2D eigenvalue weighted by Gasteiger charge is 2.37. The summed E-state index contributed by atoms with van der Waals surface area (Å²) >= 11 is 0. The maximum Gasteiger partial charge on any atom is 0.246 e. The topological polar surface area (TPSA) is 82.8 Å². The number of anilines is 3. The number of para-hydroxylation sites is 1. The molecule has 4 aliphatic rings. The Morgan fingerprint density at radius 2 is 1.90 bits per heavy atom. The molecule has 2 atom stereocenters. The van der Waals surface area contributed by atoms with Gasteiger partial charge < -0.3 is 19.6 Å². The number of carbonyl (C=O) groups is 1. The second kappa shape index (κ2) is 12.3. The van der Waals surface area contributed by atoms with Gasteiger partial charge in [-0.2, -0.15) is 10.2 Å². The maximum absolute atomic E-state index is 12.6. The van der Waals surface area contributed by atoms with Crippen molar-refractivity contribution in [2.24, 2.45) is 0 Å². The van der Waals surface area contributed by atoms with Crippen molar-refractivity contribution in [1.82, 2.24) is 19.8 Å². The van der Waals surface area contributed by atoms with Crippen molar-refractivity contribution in [3.05, 3.63) is 53.7 Å². The largest absolute Gasteiger partial charge is 0.368 e. The molecule has 2 saturated heterocycles. The zero-order valence-corrected chi connectivity index (χ0v) is 25.2. The molecule has 9 heteroatoms. The van der Waals surface area contributed by atoms with Gasteiger partial charge in [0.15, 0.2) is 0 Å². The first-order chi connectivity index (χ1) is 20.5. The Bertz CT molecular complexity index is 1340. The Morgan fingerprint density at radius 1 is 1.10 bits per heavy atom. The maximum atomic E-state index is 12.6. The first-order valence-electron chi connectivity index (χ1n) is 15.8. The molecule has 0 radical (unpaired) electrons. The van der Waals surface area contributed by atoms with E-state index in [0.29, 0.717) is 38.1 Å². The summed E-state index contributed by atoms with van der Waals surface area (Å²) in [6, 6.07) is 12.0. The van der Waals surface area contributed by atoms with E-state index in [4.69, 9.17) is 9.97 Å². The van der Waals surface area contributed by atoms with Gasteiger partial charge in [0.25, 0.3) is 0 Å². The SMILES string of the molecule is C=CC(=O)N1CCN(c2nc(N3CC(N(CC)CC)C3)nc3c2CC[C@@H](N2CCCc4ccccc42)C3)C[C@@H]1CC#N. The van der Waals surface area contributed by atoms with Gasteiger partial charge in [0.1, 0.15) is 5.82 Å². The van der Waals surface area contributed by atoms with Crippen LogP contribution in [-0.2, 0) is 24.1 Å². The number of hydrogen-bond donors (Lipinski definition) is 0. The van der Waals surface area contributed by atoms with Gasteiger partial charge >= 0.3 is 0 Å². The molecular weight excluding hydrogens is 524 g/mol. The molecule has 0 saturated carbocycles. The fraction of sp³-hybridized carbons (Fsp3) is 0.576. The number of rotatable bonds is 8. The van der Waals surface area contributed by atoms with Crippen LogP contribution in [0.2, 0.25) is 0 Å². The summed E-state index contributed by atoms with van der Waals surface area (Å²) in [6.07, 6.45) is 6.92. The molecule has 222 valence electrons. The van der Waals surface area contributed by atoms with Gasteiger partial charge in [-0.3, -0.25) is 9.69 Å². The van der Waals surface area contributed by atoms with Gasteiger partial charge in [-0.05, 0) is 56.5 Å². The number of nitriles is 1. The van der Waals surface area contributed by atoms with E-state index in [-0.39, 0.29) is 11.9 Å². The molecule has 2 fully saturated rings. The van der Waals surface area contributed by atoms with Gasteiger partial charge in [0, 0.05) is 69.0 Å². The molecule has 42 heavy (non-hydrogen) atoms. The van der Waals surface area contributed by atoms with Crippen molar-refractivity contribution in [1.29, 1.82) is 5.26 Å². The molecule has 4 heterocycles. The number of benzene rings is 1. The van der Waals surface area contributed by atoms with E-state index in [9.17, 15) is 10.1 Å². The quantitative estimate of drug-likeness (QED) is 0.448. The second-order valence-electron chi connectivity index (χ2n) is 12.1. The summed E-state index contributed by atoms with van der Waals surface area (Å²) in [5, 5.41) is 9.56. The van der Waals surface area contributed by atoms with E-state index in [1.165, 1.54) is 35.0 Å². The van der Waals surface area contributed by atoms with Crippen molar-refractivity contribution in [3.63, 3.8) is 0 Å². The molecular formula is C33H44N8O. The number of aromatic nitrogens is 2. The number of carbonyl (C=O) groups excluding carboxylic acids is 1. The average Bonchev–Trinajstić information content (AvgIpc) is 3.01. The molecule has 0 N–H and O–H groups in total. The van der Waals surface area contributed by atoms with Crippen molar-refractivity contribution in [2.75, 3.05) is 67.1 Å². The number of hydrogen-bond acceptors (Lipinski definition) is 8. The normalized spacial score (nSPS) is 22.3. The minimum absolute atomic E-state index is 0.104. The summed E-state index contributed by atoms with van der Waals surface area (Å²) < 4.78 is 0. The Balaban J connectivity index is 1.31. The summed E-state index contributed by atoms with van der Waals surface area (Å²) in [6.45, 7) is 15.1. The van der Waals surface area contributed by atoms with Crippen molar-refractivity contribution in [2.45, 2.75) is 70.5 Å². The molecule has 9 nitrogen and oxygen atoms in total. The third-order valence-electron chi connectivity index (χ3n) is 9.84. The number of likely N-dealkylation sites (N-methyl/N-ethyl adjacent to an activating group) is 1. The lowest BCUT2D eigenvalue weighted by Crippen LogP contribution is -2.60. The Labute approximate surface area is 250 Å². The molecule has 1 aromatic carbocycles. The van der Waals surface area contributed by atoms with Crippen LogP contribution in [0.25, 0.3) is 0 Å². The van der Waals surface area contributed by atoms with Crippen LogP contribution in [-0.4, -0.2) is 96.2 Å². The van der Waals surface area contributed by atoms with Crippen molar-refractivity contribution < 1.29 is 4.79 Å². The summed E-state index contributed by atoms with van der Waals surface area (Å²) in [5.74, 6) is 1.73. The predicted octanol–water partition coefficient (Wildman–Crippen LogP) is 3.43. The van der Waals surface area contributed by atoms with Gasteiger partial charge in [-0.25, -0.2) is 4.98 Å². The van der Waals surface area contributed by atoms with Crippen LogP contribution in [0.4, 0.5) is 17.5 Å². The van der Waals surface area contributed by atoms with E-state index in [1.54, 1.807) is 4.90 Å².